The van der Waals surface area contributed by atoms with E-state index in [2.05, 4.69) is 36.6 Å². The molecule has 0 saturated heterocycles. The van der Waals surface area contributed by atoms with E-state index in [1.165, 1.54) is 11.1 Å². The van der Waals surface area contributed by atoms with Gasteiger partial charge in [0, 0.05) is 5.69 Å². The maximum Gasteiger partial charge on any atom is 0.171 e. The zero-order valence-corrected chi connectivity index (χ0v) is 15.4. The molecule has 0 heterocycles. The van der Waals surface area contributed by atoms with E-state index in [-0.39, 0.29) is 6.04 Å². The van der Waals surface area contributed by atoms with Crippen LogP contribution in [0.3, 0.4) is 0 Å². The van der Waals surface area contributed by atoms with Crippen molar-refractivity contribution in [3.63, 3.8) is 0 Å². The van der Waals surface area contributed by atoms with E-state index in [0.29, 0.717) is 11.7 Å². The van der Waals surface area contributed by atoms with Crippen LogP contribution in [0.15, 0.2) is 42.5 Å². The Bertz CT molecular complexity index is 686. The Labute approximate surface area is 149 Å². The lowest BCUT2D eigenvalue weighted by Crippen LogP contribution is -2.39. The Morgan fingerprint density at radius 2 is 1.71 bits per heavy atom. The zero-order valence-electron chi connectivity index (χ0n) is 14.6. The number of rotatable bonds is 6. The van der Waals surface area contributed by atoms with Crippen molar-refractivity contribution in [2.45, 2.75) is 26.8 Å². The fourth-order valence-electron chi connectivity index (χ4n) is 2.13. The number of ether oxygens (including phenoxy) is 2. The van der Waals surface area contributed by atoms with E-state index in [1.54, 1.807) is 7.11 Å². The first kappa shape index (κ1) is 18.1. The number of anilines is 1. The van der Waals surface area contributed by atoms with Gasteiger partial charge in [0.2, 0.25) is 0 Å². The molecule has 0 bridgehead atoms. The van der Waals surface area contributed by atoms with Crippen LogP contribution in [0.1, 0.15) is 18.1 Å². The fraction of sp³-hybridized carbons (Fsp3) is 0.316. The first-order valence-electron chi connectivity index (χ1n) is 7.89. The molecule has 0 aliphatic heterocycles. The van der Waals surface area contributed by atoms with E-state index < -0.39 is 0 Å². The summed E-state index contributed by atoms with van der Waals surface area (Å²) in [6, 6.07) is 13.8. The Hall–Kier alpha value is -2.27. The summed E-state index contributed by atoms with van der Waals surface area (Å²) in [6.45, 7) is 6.74. The lowest BCUT2D eigenvalue weighted by molar-refractivity contribution is 0.287. The number of hydrogen-bond acceptors (Lipinski definition) is 3. The normalized spacial score (nSPS) is 11.5. The van der Waals surface area contributed by atoms with Gasteiger partial charge in [0.05, 0.1) is 13.2 Å². The lowest BCUT2D eigenvalue weighted by Gasteiger charge is -2.18. The highest BCUT2D eigenvalue weighted by Crippen LogP contribution is 2.17. The molecule has 1 atom stereocenters. The van der Waals surface area contributed by atoms with Crippen molar-refractivity contribution in [2.24, 2.45) is 0 Å². The van der Waals surface area contributed by atoms with E-state index in [1.807, 2.05) is 37.3 Å². The van der Waals surface area contributed by atoms with Gasteiger partial charge in [-0.1, -0.05) is 6.07 Å². The largest absolute Gasteiger partial charge is 0.497 e. The molecule has 128 valence electrons. The van der Waals surface area contributed by atoms with Crippen LogP contribution in [-0.2, 0) is 0 Å². The molecular weight excluding hydrogens is 320 g/mol. The molecule has 0 spiro atoms. The first-order chi connectivity index (χ1) is 11.5. The standard InChI is InChI=1S/C19H24N2O2S/c1-13-5-8-18(11-14(13)2)23-12-15(3)20-19(24)21-16-6-9-17(22-4)10-7-16/h5-11,15H,12H2,1-4H3,(H2,20,21,24)/t15-/m0/s1. The summed E-state index contributed by atoms with van der Waals surface area (Å²) in [5.74, 6) is 1.69. The Morgan fingerprint density at radius 3 is 2.33 bits per heavy atom. The summed E-state index contributed by atoms with van der Waals surface area (Å²) < 4.78 is 11.0. The molecule has 0 radical (unpaired) electrons. The van der Waals surface area contributed by atoms with Crippen LogP contribution in [0.5, 0.6) is 11.5 Å². The average molecular weight is 344 g/mol. The highest BCUT2D eigenvalue weighted by atomic mass is 32.1. The van der Waals surface area contributed by atoms with Crippen LogP contribution in [0, 0.1) is 13.8 Å². The number of methoxy groups -OCH3 is 1. The van der Waals surface area contributed by atoms with Gasteiger partial charge in [-0.05, 0) is 80.5 Å². The van der Waals surface area contributed by atoms with E-state index in [0.717, 1.165) is 17.2 Å². The van der Waals surface area contributed by atoms with Crippen molar-refractivity contribution >= 4 is 23.0 Å². The van der Waals surface area contributed by atoms with Crippen LogP contribution < -0.4 is 20.1 Å². The highest BCUT2D eigenvalue weighted by molar-refractivity contribution is 7.80. The van der Waals surface area contributed by atoms with Crippen molar-refractivity contribution in [1.82, 2.24) is 5.32 Å². The topological polar surface area (TPSA) is 42.5 Å². The third kappa shape index (κ3) is 5.42. The third-order valence-corrected chi connectivity index (χ3v) is 3.92. The van der Waals surface area contributed by atoms with Crippen LogP contribution >= 0.6 is 12.2 Å². The van der Waals surface area contributed by atoms with Gasteiger partial charge in [-0.15, -0.1) is 0 Å². The molecule has 4 nitrogen and oxygen atoms in total. The molecule has 0 aliphatic carbocycles. The van der Waals surface area contributed by atoms with Crippen LogP contribution in [0.4, 0.5) is 5.69 Å². The average Bonchev–Trinajstić information content (AvgIpc) is 2.56. The maximum absolute atomic E-state index is 5.82. The van der Waals surface area contributed by atoms with Gasteiger partial charge in [0.15, 0.2) is 5.11 Å². The van der Waals surface area contributed by atoms with Crippen LogP contribution in [0.2, 0.25) is 0 Å². The maximum atomic E-state index is 5.82. The summed E-state index contributed by atoms with van der Waals surface area (Å²) in [5.41, 5.74) is 3.40. The van der Waals surface area contributed by atoms with E-state index in [4.69, 9.17) is 21.7 Å². The summed E-state index contributed by atoms with van der Waals surface area (Å²) in [4.78, 5) is 0. The molecule has 2 aromatic rings. The molecule has 2 aromatic carbocycles. The molecule has 2 rings (SSSR count). The van der Waals surface area contributed by atoms with Gasteiger partial charge in [-0.25, -0.2) is 0 Å². The van der Waals surface area contributed by atoms with Crippen molar-refractivity contribution in [1.29, 1.82) is 0 Å². The molecule has 0 aromatic heterocycles. The third-order valence-electron chi connectivity index (χ3n) is 3.70. The minimum atomic E-state index is 0.0878. The second kappa shape index (κ2) is 8.55. The van der Waals surface area contributed by atoms with Crippen molar-refractivity contribution in [2.75, 3.05) is 19.0 Å². The fourth-order valence-corrected chi connectivity index (χ4v) is 2.45. The number of nitrogens with one attached hydrogen (secondary N) is 2. The van der Waals surface area contributed by atoms with Crippen LogP contribution in [-0.4, -0.2) is 24.9 Å². The van der Waals surface area contributed by atoms with Crippen molar-refractivity contribution in [3.8, 4) is 11.5 Å². The van der Waals surface area contributed by atoms with Gasteiger partial charge in [-0.2, -0.15) is 0 Å². The second-order valence-corrected chi connectivity index (χ2v) is 6.19. The predicted octanol–water partition coefficient (Wildman–Crippen LogP) is 4.07. The first-order valence-corrected chi connectivity index (χ1v) is 8.30. The summed E-state index contributed by atoms with van der Waals surface area (Å²) in [7, 11) is 1.64. The minimum absolute atomic E-state index is 0.0878. The Balaban J connectivity index is 1.79. The smallest absolute Gasteiger partial charge is 0.171 e. The number of hydrogen-bond donors (Lipinski definition) is 2. The summed E-state index contributed by atoms with van der Waals surface area (Å²) in [5, 5.41) is 6.93. The molecule has 24 heavy (non-hydrogen) atoms. The summed E-state index contributed by atoms with van der Waals surface area (Å²) >= 11 is 5.33. The molecule has 5 heteroatoms. The second-order valence-electron chi connectivity index (χ2n) is 5.79. The SMILES string of the molecule is COc1ccc(NC(=S)N[C@@H](C)COc2ccc(C)c(C)c2)cc1. The van der Waals surface area contributed by atoms with Gasteiger partial charge in [0.25, 0.3) is 0 Å². The number of aryl methyl sites for hydroxylation is 2. The van der Waals surface area contributed by atoms with Crippen LogP contribution in [0.25, 0.3) is 0 Å². The number of benzene rings is 2. The Kier molecular flexibility index (Phi) is 6.44. The van der Waals surface area contributed by atoms with Gasteiger partial charge < -0.3 is 20.1 Å². The van der Waals surface area contributed by atoms with E-state index >= 15 is 0 Å². The quantitative estimate of drug-likeness (QED) is 0.774. The predicted molar refractivity (Wildman–Crippen MR) is 103 cm³/mol. The zero-order chi connectivity index (χ0) is 17.5. The molecular formula is C19H24N2O2S. The van der Waals surface area contributed by atoms with Gasteiger partial charge in [0.1, 0.15) is 18.1 Å². The van der Waals surface area contributed by atoms with E-state index in [9.17, 15) is 0 Å². The molecule has 0 unspecified atom stereocenters. The minimum Gasteiger partial charge on any atom is -0.497 e. The summed E-state index contributed by atoms with van der Waals surface area (Å²) in [6.07, 6.45) is 0. The molecule has 0 saturated carbocycles. The number of thiocarbonyl (C=S) groups is 1. The molecule has 0 aliphatic rings. The Morgan fingerprint density at radius 1 is 1.04 bits per heavy atom. The highest BCUT2D eigenvalue weighted by Gasteiger charge is 2.06. The molecule has 0 fully saturated rings. The van der Waals surface area contributed by atoms with Gasteiger partial charge in [-0.3, -0.25) is 0 Å². The molecule has 2 N–H and O–H groups in total. The van der Waals surface area contributed by atoms with Crippen molar-refractivity contribution < 1.29 is 9.47 Å². The lowest BCUT2D eigenvalue weighted by atomic mass is 10.1. The van der Waals surface area contributed by atoms with Crippen molar-refractivity contribution in [3.05, 3.63) is 53.6 Å². The molecule has 0 amide bonds. The monoisotopic (exact) mass is 344 g/mol. The van der Waals surface area contributed by atoms with Gasteiger partial charge >= 0.3 is 0 Å².